The van der Waals surface area contributed by atoms with Crippen molar-refractivity contribution in [2.75, 3.05) is 11.9 Å². The first kappa shape index (κ1) is 11.9. The molecule has 17 heavy (non-hydrogen) atoms. The highest BCUT2D eigenvalue weighted by Gasteiger charge is 2.12. The van der Waals surface area contributed by atoms with Crippen LogP contribution >= 0.6 is 0 Å². The van der Waals surface area contributed by atoms with Gasteiger partial charge in [-0.1, -0.05) is 24.3 Å². The van der Waals surface area contributed by atoms with Gasteiger partial charge in [0.2, 0.25) is 0 Å². The summed E-state index contributed by atoms with van der Waals surface area (Å²) in [6.07, 6.45) is 0. The molecule has 0 amide bonds. The summed E-state index contributed by atoms with van der Waals surface area (Å²) in [5.41, 5.74) is 0.707. The minimum absolute atomic E-state index is 0.0906. The van der Waals surface area contributed by atoms with Crippen molar-refractivity contribution in [2.45, 2.75) is 11.8 Å². The largest absolute Gasteiger partial charge is 0.385 e. The van der Waals surface area contributed by atoms with Gasteiger partial charge in [-0.05, 0) is 24.4 Å². The second-order valence-electron chi connectivity index (χ2n) is 3.70. The molecule has 0 unspecified atom stereocenters. The molecule has 0 radical (unpaired) electrons. The standard InChI is InChI=1S/C12H13NO3S/c1-2-13-12-8-10(17(14,15)16)7-9-5-3-4-6-11(9)12/h3-8,13H,2H2,1H3,(H,14,15,16). The molecule has 2 aromatic carbocycles. The third-order valence-corrected chi connectivity index (χ3v) is 3.33. The van der Waals surface area contributed by atoms with Crippen LogP contribution in [0.4, 0.5) is 5.69 Å². The van der Waals surface area contributed by atoms with E-state index < -0.39 is 10.1 Å². The maximum atomic E-state index is 11.2. The average molecular weight is 251 g/mol. The Kier molecular flexibility index (Phi) is 3.04. The maximum Gasteiger partial charge on any atom is 0.294 e. The van der Waals surface area contributed by atoms with Gasteiger partial charge in [0.25, 0.3) is 10.1 Å². The number of fused-ring (bicyclic) bond motifs is 1. The monoisotopic (exact) mass is 251 g/mol. The van der Waals surface area contributed by atoms with E-state index in [4.69, 9.17) is 4.55 Å². The number of nitrogens with one attached hydrogen (secondary N) is 1. The fraction of sp³-hybridized carbons (Fsp3) is 0.167. The van der Waals surface area contributed by atoms with Crippen LogP contribution in [0.2, 0.25) is 0 Å². The van der Waals surface area contributed by atoms with E-state index in [2.05, 4.69) is 5.32 Å². The molecule has 2 N–H and O–H groups in total. The molecule has 0 heterocycles. The minimum atomic E-state index is -4.18. The molecule has 0 aliphatic rings. The summed E-state index contributed by atoms with van der Waals surface area (Å²) in [5.74, 6) is 0. The molecule has 0 aromatic heterocycles. The summed E-state index contributed by atoms with van der Waals surface area (Å²) < 4.78 is 31.4. The van der Waals surface area contributed by atoms with Crippen LogP contribution in [-0.4, -0.2) is 19.5 Å². The second-order valence-corrected chi connectivity index (χ2v) is 5.12. The van der Waals surface area contributed by atoms with Crippen molar-refractivity contribution >= 4 is 26.6 Å². The van der Waals surface area contributed by atoms with Gasteiger partial charge >= 0.3 is 0 Å². The molecule has 0 bridgehead atoms. The van der Waals surface area contributed by atoms with Crippen molar-refractivity contribution in [3.05, 3.63) is 36.4 Å². The Bertz CT molecular complexity index is 650. The summed E-state index contributed by atoms with van der Waals surface area (Å²) in [5, 5.41) is 4.80. The van der Waals surface area contributed by atoms with Gasteiger partial charge < -0.3 is 5.32 Å². The zero-order valence-corrected chi connectivity index (χ0v) is 10.2. The van der Waals surface area contributed by atoms with Crippen LogP contribution in [0.15, 0.2) is 41.3 Å². The SMILES string of the molecule is CCNc1cc(S(=O)(=O)O)cc2ccccc12. The number of hydrogen-bond acceptors (Lipinski definition) is 3. The lowest BCUT2D eigenvalue weighted by molar-refractivity contribution is 0.483. The summed E-state index contributed by atoms with van der Waals surface area (Å²) in [7, 11) is -4.18. The van der Waals surface area contributed by atoms with E-state index in [0.29, 0.717) is 12.2 Å². The molecule has 2 rings (SSSR count). The van der Waals surface area contributed by atoms with E-state index in [1.165, 1.54) is 12.1 Å². The number of benzene rings is 2. The van der Waals surface area contributed by atoms with Crippen LogP contribution in [0.1, 0.15) is 6.92 Å². The Morgan fingerprint density at radius 1 is 1.24 bits per heavy atom. The molecular formula is C12H13NO3S. The first-order valence-corrected chi connectivity index (χ1v) is 6.70. The highest BCUT2D eigenvalue weighted by molar-refractivity contribution is 7.85. The van der Waals surface area contributed by atoms with E-state index in [-0.39, 0.29) is 4.90 Å². The molecule has 4 nitrogen and oxygen atoms in total. The zero-order valence-electron chi connectivity index (χ0n) is 9.34. The van der Waals surface area contributed by atoms with Crippen LogP contribution in [0.25, 0.3) is 10.8 Å². The van der Waals surface area contributed by atoms with E-state index in [1.807, 2.05) is 31.2 Å². The van der Waals surface area contributed by atoms with Gasteiger partial charge in [0, 0.05) is 17.6 Å². The van der Waals surface area contributed by atoms with Gasteiger partial charge in [0.05, 0.1) is 4.90 Å². The first-order chi connectivity index (χ1) is 8.02. The van der Waals surface area contributed by atoms with Crippen molar-refractivity contribution < 1.29 is 13.0 Å². The van der Waals surface area contributed by atoms with Gasteiger partial charge in [-0.2, -0.15) is 8.42 Å². The van der Waals surface area contributed by atoms with Crippen molar-refractivity contribution in [3.8, 4) is 0 Å². The fourth-order valence-electron chi connectivity index (χ4n) is 1.77. The highest BCUT2D eigenvalue weighted by Crippen LogP contribution is 2.27. The van der Waals surface area contributed by atoms with Gasteiger partial charge in [-0.15, -0.1) is 0 Å². The number of rotatable bonds is 3. The fourth-order valence-corrected chi connectivity index (χ4v) is 2.31. The quantitative estimate of drug-likeness (QED) is 0.823. The van der Waals surface area contributed by atoms with Crippen LogP contribution in [0.3, 0.4) is 0 Å². The molecule has 0 fully saturated rings. The first-order valence-electron chi connectivity index (χ1n) is 5.26. The molecule has 2 aromatic rings. The van der Waals surface area contributed by atoms with Crippen LogP contribution in [-0.2, 0) is 10.1 Å². The van der Waals surface area contributed by atoms with Crippen molar-refractivity contribution in [1.29, 1.82) is 0 Å². The lowest BCUT2D eigenvalue weighted by Gasteiger charge is -2.09. The van der Waals surface area contributed by atoms with Gasteiger partial charge in [-0.25, -0.2) is 0 Å². The Morgan fingerprint density at radius 3 is 2.59 bits per heavy atom. The van der Waals surface area contributed by atoms with Gasteiger partial charge in [-0.3, -0.25) is 4.55 Å². The van der Waals surface area contributed by atoms with Crippen LogP contribution in [0, 0.1) is 0 Å². The van der Waals surface area contributed by atoms with Crippen molar-refractivity contribution in [2.24, 2.45) is 0 Å². The Labute approximate surface area is 100 Å². The third kappa shape index (κ3) is 2.40. The molecule has 0 spiro atoms. The molecule has 5 heteroatoms. The van der Waals surface area contributed by atoms with E-state index in [0.717, 1.165) is 10.8 Å². The van der Waals surface area contributed by atoms with E-state index in [1.54, 1.807) is 0 Å². The molecule has 0 aliphatic heterocycles. The number of anilines is 1. The molecular weight excluding hydrogens is 238 g/mol. The normalized spacial score (nSPS) is 11.6. The van der Waals surface area contributed by atoms with Crippen LogP contribution in [0.5, 0.6) is 0 Å². The molecule has 90 valence electrons. The smallest absolute Gasteiger partial charge is 0.294 e. The van der Waals surface area contributed by atoms with E-state index >= 15 is 0 Å². The molecule has 0 saturated carbocycles. The predicted molar refractivity (Wildman–Crippen MR) is 67.9 cm³/mol. The Morgan fingerprint density at radius 2 is 1.94 bits per heavy atom. The Balaban J connectivity index is 2.76. The van der Waals surface area contributed by atoms with Crippen molar-refractivity contribution in [1.82, 2.24) is 0 Å². The summed E-state index contributed by atoms with van der Waals surface area (Å²) >= 11 is 0. The van der Waals surface area contributed by atoms with Gasteiger partial charge in [0.1, 0.15) is 0 Å². The summed E-state index contributed by atoms with van der Waals surface area (Å²) in [6.45, 7) is 2.60. The van der Waals surface area contributed by atoms with Crippen molar-refractivity contribution in [3.63, 3.8) is 0 Å². The predicted octanol–water partition coefficient (Wildman–Crippen LogP) is 2.52. The second kappa shape index (κ2) is 4.35. The Hall–Kier alpha value is -1.59. The lowest BCUT2D eigenvalue weighted by Crippen LogP contribution is -2.02. The molecule has 0 atom stereocenters. The maximum absolute atomic E-state index is 11.2. The highest BCUT2D eigenvalue weighted by atomic mass is 32.2. The van der Waals surface area contributed by atoms with E-state index in [9.17, 15) is 8.42 Å². The average Bonchev–Trinajstić information content (AvgIpc) is 2.28. The topological polar surface area (TPSA) is 66.4 Å². The van der Waals surface area contributed by atoms with Gasteiger partial charge in [0.15, 0.2) is 0 Å². The number of hydrogen-bond donors (Lipinski definition) is 2. The molecule has 0 saturated heterocycles. The van der Waals surface area contributed by atoms with Crippen LogP contribution < -0.4 is 5.32 Å². The third-order valence-electron chi connectivity index (χ3n) is 2.50. The zero-order chi connectivity index (χ0) is 12.5. The minimum Gasteiger partial charge on any atom is -0.385 e. The molecule has 0 aliphatic carbocycles. The summed E-state index contributed by atoms with van der Waals surface area (Å²) in [4.78, 5) is -0.0906. The summed E-state index contributed by atoms with van der Waals surface area (Å²) in [6, 6.07) is 10.3. The lowest BCUT2D eigenvalue weighted by atomic mass is 10.1.